The highest BCUT2D eigenvalue weighted by atomic mass is 16.2. The Morgan fingerprint density at radius 1 is 0.867 bits per heavy atom. The monoisotopic (exact) mass is 408 g/mol. The zero-order chi connectivity index (χ0) is 22.1. The first-order valence-electron chi connectivity index (χ1n) is 11.0. The van der Waals surface area contributed by atoms with Crippen molar-refractivity contribution in [1.29, 1.82) is 0 Å². The van der Waals surface area contributed by atoms with E-state index in [0.29, 0.717) is 25.8 Å². The third-order valence-electron chi connectivity index (χ3n) is 5.61. The number of hydrogen-bond acceptors (Lipinski definition) is 2. The van der Waals surface area contributed by atoms with E-state index in [1.807, 2.05) is 52.0 Å². The van der Waals surface area contributed by atoms with E-state index in [9.17, 15) is 9.59 Å². The van der Waals surface area contributed by atoms with E-state index < -0.39 is 6.04 Å². The number of nitrogens with one attached hydrogen (secondary N) is 1. The fourth-order valence-corrected chi connectivity index (χ4v) is 3.40. The third-order valence-corrected chi connectivity index (χ3v) is 5.61. The second-order valence-electron chi connectivity index (χ2n) is 8.23. The van der Waals surface area contributed by atoms with E-state index >= 15 is 0 Å². The average Bonchev–Trinajstić information content (AvgIpc) is 2.74. The first kappa shape index (κ1) is 23.7. The van der Waals surface area contributed by atoms with Gasteiger partial charge < -0.3 is 10.2 Å². The van der Waals surface area contributed by atoms with Crippen molar-refractivity contribution in [3.05, 3.63) is 70.8 Å². The van der Waals surface area contributed by atoms with Gasteiger partial charge in [0.15, 0.2) is 0 Å². The van der Waals surface area contributed by atoms with Crippen molar-refractivity contribution < 1.29 is 9.59 Å². The number of rotatable bonds is 10. The molecule has 4 nitrogen and oxygen atoms in total. The van der Waals surface area contributed by atoms with E-state index in [-0.39, 0.29) is 17.9 Å². The molecule has 0 aliphatic rings. The molecule has 2 amide bonds. The molecule has 1 N–H and O–H groups in total. The van der Waals surface area contributed by atoms with Crippen LogP contribution >= 0.6 is 0 Å². The van der Waals surface area contributed by atoms with Crippen LogP contribution in [0.1, 0.15) is 62.3 Å². The fourth-order valence-electron chi connectivity index (χ4n) is 3.40. The van der Waals surface area contributed by atoms with Crippen LogP contribution in [0.15, 0.2) is 48.5 Å². The molecule has 4 heteroatoms. The fraction of sp³-hybridized carbons (Fsp3) is 0.462. The van der Waals surface area contributed by atoms with Crippen LogP contribution in [-0.2, 0) is 22.6 Å². The molecule has 0 aliphatic carbocycles. The minimum Gasteiger partial charge on any atom is -0.352 e. The standard InChI is InChI=1S/C26H36N2O2/c1-6-21(5)27-26(30)24(7-2)28(18-23-14-10-20(4)11-15-23)25(29)17-16-22-12-8-19(3)9-13-22/h8-15,21,24H,6-7,16-18H2,1-5H3,(H,27,30)/t21-,24-/m0/s1. The van der Waals surface area contributed by atoms with Crippen molar-refractivity contribution in [3.63, 3.8) is 0 Å². The molecular weight excluding hydrogens is 372 g/mol. The molecule has 162 valence electrons. The Balaban J connectivity index is 2.19. The lowest BCUT2D eigenvalue weighted by atomic mass is 10.0. The van der Waals surface area contributed by atoms with Gasteiger partial charge >= 0.3 is 0 Å². The normalized spacial score (nSPS) is 12.8. The van der Waals surface area contributed by atoms with Gasteiger partial charge in [-0.15, -0.1) is 0 Å². The van der Waals surface area contributed by atoms with Crippen LogP contribution < -0.4 is 5.32 Å². The molecule has 2 rings (SSSR count). The minimum atomic E-state index is -0.467. The second kappa shape index (κ2) is 11.5. The Morgan fingerprint density at radius 2 is 1.40 bits per heavy atom. The van der Waals surface area contributed by atoms with Crippen LogP contribution in [0.3, 0.4) is 0 Å². The summed E-state index contributed by atoms with van der Waals surface area (Å²) < 4.78 is 0. The van der Waals surface area contributed by atoms with Gasteiger partial charge in [-0.1, -0.05) is 73.5 Å². The van der Waals surface area contributed by atoms with Gasteiger partial charge in [0.2, 0.25) is 11.8 Å². The van der Waals surface area contributed by atoms with E-state index in [2.05, 4.69) is 36.5 Å². The summed E-state index contributed by atoms with van der Waals surface area (Å²) in [6, 6.07) is 16.1. The van der Waals surface area contributed by atoms with Crippen LogP contribution in [0.4, 0.5) is 0 Å². The second-order valence-corrected chi connectivity index (χ2v) is 8.23. The van der Waals surface area contributed by atoms with E-state index in [0.717, 1.165) is 17.5 Å². The molecule has 0 aromatic heterocycles. The number of benzene rings is 2. The lowest BCUT2D eigenvalue weighted by Gasteiger charge is -2.31. The maximum atomic E-state index is 13.3. The van der Waals surface area contributed by atoms with E-state index in [4.69, 9.17) is 0 Å². The average molecular weight is 409 g/mol. The number of nitrogens with zero attached hydrogens (tertiary/aromatic N) is 1. The first-order chi connectivity index (χ1) is 14.3. The summed E-state index contributed by atoms with van der Waals surface area (Å²) in [6.45, 7) is 10.6. The molecule has 0 aliphatic heterocycles. The van der Waals surface area contributed by atoms with Crippen LogP contribution in [-0.4, -0.2) is 28.8 Å². The minimum absolute atomic E-state index is 0.0160. The predicted octanol–water partition coefficient (Wildman–Crippen LogP) is 4.96. The van der Waals surface area contributed by atoms with Gasteiger partial charge in [-0.2, -0.15) is 0 Å². The van der Waals surface area contributed by atoms with Crippen molar-refractivity contribution in [2.75, 3.05) is 0 Å². The van der Waals surface area contributed by atoms with Crippen molar-refractivity contribution in [1.82, 2.24) is 10.2 Å². The van der Waals surface area contributed by atoms with Gasteiger partial charge in [-0.25, -0.2) is 0 Å². The highest BCUT2D eigenvalue weighted by Gasteiger charge is 2.28. The van der Waals surface area contributed by atoms with Crippen molar-refractivity contribution >= 4 is 11.8 Å². The zero-order valence-electron chi connectivity index (χ0n) is 19.1. The Morgan fingerprint density at radius 3 is 1.90 bits per heavy atom. The number of carbonyl (C=O) groups excluding carboxylic acids is 2. The quantitative estimate of drug-likeness (QED) is 0.604. The van der Waals surface area contributed by atoms with E-state index in [1.165, 1.54) is 11.1 Å². The molecule has 0 bridgehead atoms. The van der Waals surface area contributed by atoms with Crippen molar-refractivity contribution in [2.45, 2.75) is 78.9 Å². The highest BCUT2D eigenvalue weighted by molar-refractivity contribution is 5.87. The summed E-state index contributed by atoms with van der Waals surface area (Å²) >= 11 is 0. The summed E-state index contributed by atoms with van der Waals surface area (Å²) in [5.74, 6) is -0.0510. The molecule has 2 atom stereocenters. The molecule has 0 saturated heterocycles. The molecule has 0 radical (unpaired) electrons. The molecular formula is C26H36N2O2. The van der Waals surface area contributed by atoms with Gasteiger partial charge in [0, 0.05) is 19.0 Å². The summed E-state index contributed by atoms with van der Waals surface area (Å²) in [5, 5.41) is 3.06. The number of hydrogen-bond donors (Lipinski definition) is 1. The molecule has 0 saturated carbocycles. The Labute approximate surface area is 181 Å². The Bertz CT molecular complexity index is 812. The smallest absolute Gasteiger partial charge is 0.243 e. The zero-order valence-corrected chi connectivity index (χ0v) is 19.1. The van der Waals surface area contributed by atoms with E-state index in [1.54, 1.807) is 4.90 Å². The van der Waals surface area contributed by atoms with Gasteiger partial charge in [0.1, 0.15) is 6.04 Å². The summed E-state index contributed by atoms with van der Waals surface area (Å²) in [7, 11) is 0. The molecule has 30 heavy (non-hydrogen) atoms. The van der Waals surface area contributed by atoms with Gasteiger partial charge in [0.25, 0.3) is 0 Å². The Hall–Kier alpha value is -2.62. The third kappa shape index (κ3) is 7.01. The van der Waals surface area contributed by atoms with Crippen molar-refractivity contribution in [3.8, 4) is 0 Å². The molecule has 2 aromatic rings. The lowest BCUT2D eigenvalue weighted by Crippen LogP contribution is -2.50. The van der Waals surface area contributed by atoms with Gasteiger partial charge in [-0.3, -0.25) is 9.59 Å². The van der Waals surface area contributed by atoms with Gasteiger partial charge in [0.05, 0.1) is 0 Å². The highest BCUT2D eigenvalue weighted by Crippen LogP contribution is 2.16. The van der Waals surface area contributed by atoms with Gasteiger partial charge in [-0.05, 0) is 51.2 Å². The number of amides is 2. The van der Waals surface area contributed by atoms with Crippen LogP contribution in [0.2, 0.25) is 0 Å². The van der Waals surface area contributed by atoms with Crippen LogP contribution in [0.25, 0.3) is 0 Å². The summed E-state index contributed by atoms with van der Waals surface area (Å²) in [4.78, 5) is 28.0. The molecule has 0 fully saturated rings. The largest absolute Gasteiger partial charge is 0.352 e. The number of aryl methyl sites for hydroxylation is 3. The number of carbonyl (C=O) groups is 2. The molecule has 0 unspecified atom stereocenters. The summed E-state index contributed by atoms with van der Waals surface area (Å²) in [6.07, 6.45) is 2.51. The maximum absolute atomic E-state index is 13.3. The maximum Gasteiger partial charge on any atom is 0.243 e. The SMILES string of the molecule is CC[C@H](C)NC(=O)[C@H](CC)N(Cc1ccc(C)cc1)C(=O)CCc1ccc(C)cc1. The van der Waals surface area contributed by atoms with Crippen molar-refractivity contribution in [2.24, 2.45) is 0 Å². The lowest BCUT2D eigenvalue weighted by molar-refractivity contribution is -0.141. The van der Waals surface area contributed by atoms with Crippen LogP contribution in [0.5, 0.6) is 0 Å². The molecule has 0 spiro atoms. The summed E-state index contributed by atoms with van der Waals surface area (Å²) in [5.41, 5.74) is 4.57. The Kier molecular flexibility index (Phi) is 9.10. The molecule has 0 heterocycles. The first-order valence-corrected chi connectivity index (χ1v) is 11.0. The molecule has 2 aromatic carbocycles. The van der Waals surface area contributed by atoms with Crippen LogP contribution in [0, 0.1) is 13.8 Å². The topological polar surface area (TPSA) is 49.4 Å². The predicted molar refractivity (Wildman–Crippen MR) is 123 cm³/mol.